The zero-order valence-corrected chi connectivity index (χ0v) is 31.1. The van der Waals surface area contributed by atoms with Gasteiger partial charge >= 0.3 is 0 Å². The summed E-state index contributed by atoms with van der Waals surface area (Å²) in [7, 11) is 9.79. The number of hydrogen-bond acceptors (Lipinski definition) is 9. The second-order valence-corrected chi connectivity index (χ2v) is 13.0. The Bertz CT molecular complexity index is 1880. The van der Waals surface area contributed by atoms with Gasteiger partial charge in [0, 0.05) is 37.4 Å². The van der Waals surface area contributed by atoms with E-state index in [-0.39, 0.29) is 0 Å². The van der Waals surface area contributed by atoms with Gasteiger partial charge in [-0.2, -0.15) is 0 Å². The number of methoxy groups -OCH3 is 6. The topological polar surface area (TPSA) is 74.8 Å². The Labute approximate surface area is 307 Å². The summed E-state index contributed by atoms with van der Waals surface area (Å²) in [5.41, 5.74) is 7.72. The van der Waals surface area contributed by atoms with E-state index >= 15 is 0 Å². The molecule has 272 valence electrons. The number of pyridine rings is 1. The molecule has 2 heterocycles. The molecule has 1 aliphatic heterocycles. The first-order chi connectivity index (χ1) is 25.5. The molecule has 1 saturated heterocycles. The summed E-state index contributed by atoms with van der Waals surface area (Å²) in [6, 6.07) is 32.2. The van der Waals surface area contributed by atoms with E-state index in [9.17, 15) is 0 Å². The first-order valence-corrected chi connectivity index (χ1v) is 17.6. The van der Waals surface area contributed by atoms with Gasteiger partial charge in [0.15, 0.2) is 23.0 Å². The highest BCUT2D eigenvalue weighted by Crippen LogP contribution is 2.42. The van der Waals surface area contributed by atoms with Gasteiger partial charge < -0.3 is 28.4 Å². The fourth-order valence-electron chi connectivity index (χ4n) is 7.12. The summed E-state index contributed by atoms with van der Waals surface area (Å²) in [6.45, 7) is 4.64. The van der Waals surface area contributed by atoms with Crippen LogP contribution >= 0.6 is 0 Å². The third kappa shape index (κ3) is 8.44. The maximum atomic E-state index is 5.64. The normalized spacial score (nSPS) is 13.5. The van der Waals surface area contributed by atoms with Gasteiger partial charge in [-0.1, -0.05) is 48.5 Å². The standard InChI is InChI=1S/C43H49N3O6/c1-47-38-23-34(24-39(48-2)42(38)51-5)33-14-10-13-31(21-33)29-46(28-30-11-8-7-9-12-30)36-16-19-45(20-17-36)27-32-15-18-44-37(22-32)35-25-40(49-3)43(52-6)41(26-35)50-4/h7-15,18,21-26,36H,16-17,19-20,27-29H2,1-6H3. The minimum absolute atomic E-state index is 0.452. The van der Waals surface area contributed by atoms with Gasteiger partial charge in [0.2, 0.25) is 11.5 Å². The van der Waals surface area contributed by atoms with Crippen molar-refractivity contribution in [2.75, 3.05) is 55.7 Å². The number of hydrogen-bond donors (Lipinski definition) is 0. The predicted molar refractivity (Wildman–Crippen MR) is 205 cm³/mol. The van der Waals surface area contributed by atoms with Crippen molar-refractivity contribution in [3.63, 3.8) is 0 Å². The fraction of sp³-hybridized carbons (Fsp3) is 0.326. The van der Waals surface area contributed by atoms with Crippen molar-refractivity contribution in [1.29, 1.82) is 0 Å². The molecular weight excluding hydrogens is 654 g/mol. The highest BCUT2D eigenvalue weighted by Gasteiger charge is 2.26. The Morgan fingerprint density at radius 3 is 1.69 bits per heavy atom. The van der Waals surface area contributed by atoms with Crippen molar-refractivity contribution in [3.8, 4) is 56.9 Å². The lowest BCUT2D eigenvalue weighted by atomic mass is 9.98. The van der Waals surface area contributed by atoms with Crippen LogP contribution in [0.25, 0.3) is 22.4 Å². The third-order valence-electron chi connectivity index (χ3n) is 9.80. The van der Waals surface area contributed by atoms with Crippen molar-refractivity contribution in [1.82, 2.24) is 14.8 Å². The SMILES string of the molecule is COc1cc(-c2cccc(CN(Cc3ccccc3)C3CCN(Cc4ccnc(-c5cc(OC)c(OC)c(OC)c5)c4)CC3)c2)cc(OC)c1OC. The van der Waals surface area contributed by atoms with Crippen molar-refractivity contribution in [2.45, 2.75) is 38.5 Å². The first-order valence-electron chi connectivity index (χ1n) is 17.6. The fourth-order valence-corrected chi connectivity index (χ4v) is 7.12. The van der Waals surface area contributed by atoms with Gasteiger partial charge in [-0.05, 0) is 96.2 Å². The third-order valence-corrected chi connectivity index (χ3v) is 9.80. The molecule has 1 fully saturated rings. The predicted octanol–water partition coefficient (Wildman–Crippen LogP) is 8.13. The molecule has 0 atom stereocenters. The molecule has 5 aromatic rings. The smallest absolute Gasteiger partial charge is 0.203 e. The first kappa shape index (κ1) is 36.5. The Morgan fingerprint density at radius 1 is 0.558 bits per heavy atom. The van der Waals surface area contributed by atoms with Crippen LogP contribution in [-0.4, -0.2) is 76.6 Å². The summed E-state index contributed by atoms with van der Waals surface area (Å²) in [6.07, 6.45) is 4.06. The van der Waals surface area contributed by atoms with Gasteiger partial charge in [0.25, 0.3) is 0 Å². The van der Waals surface area contributed by atoms with E-state index < -0.39 is 0 Å². The summed E-state index contributed by atoms with van der Waals surface area (Å²) >= 11 is 0. The van der Waals surface area contributed by atoms with E-state index in [2.05, 4.69) is 81.5 Å². The molecular formula is C43H49N3O6. The largest absolute Gasteiger partial charge is 0.493 e. The van der Waals surface area contributed by atoms with Gasteiger partial charge in [-0.15, -0.1) is 0 Å². The molecule has 0 aliphatic carbocycles. The summed E-state index contributed by atoms with van der Waals surface area (Å²) in [5.74, 6) is 3.67. The van der Waals surface area contributed by atoms with Crippen LogP contribution in [0.5, 0.6) is 34.5 Å². The van der Waals surface area contributed by atoms with Crippen LogP contribution in [0.15, 0.2) is 97.2 Å². The molecule has 0 amide bonds. The summed E-state index contributed by atoms with van der Waals surface area (Å²) in [5, 5.41) is 0. The number of ether oxygens (including phenoxy) is 6. The van der Waals surface area contributed by atoms with Crippen LogP contribution in [0.4, 0.5) is 0 Å². The van der Waals surface area contributed by atoms with Crippen LogP contribution in [0, 0.1) is 0 Å². The molecule has 0 saturated carbocycles. The van der Waals surface area contributed by atoms with Gasteiger partial charge in [0.1, 0.15) is 0 Å². The van der Waals surface area contributed by atoms with E-state index in [0.29, 0.717) is 40.5 Å². The maximum Gasteiger partial charge on any atom is 0.203 e. The lowest BCUT2D eigenvalue weighted by Gasteiger charge is -2.39. The summed E-state index contributed by atoms with van der Waals surface area (Å²) in [4.78, 5) is 9.88. The molecule has 52 heavy (non-hydrogen) atoms. The van der Waals surface area contributed by atoms with Crippen LogP contribution < -0.4 is 28.4 Å². The molecule has 1 aromatic heterocycles. The van der Waals surface area contributed by atoms with Gasteiger partial charge in [-0.25, -0.2) is 0 Å². The molecule has 4 aromatic carbocycles. The minimum atomic E-state index is 0.452. The van der Waals surface area contributed by atoms with E-state index in [1.807, 2.05) is 30.5 Å². The molecule has 0 N–H and O–H groups in total. The van der Waals surface area contributed by atoms with Gasteiger partial charge in [-0.3, -0.25) is 14.8 Å². The lowest BCUT2D eigenvalue weighted by molar-refractivity contribution is 0.0933. The Kier molecular flexibility index (Phi) is 12.2. The second kappa shape index (κ2) is 17.3. The molecule has 1 aliphatic rings. The van der Waals surface area contributed by atoms with Crippen LogP contribution in [0.2, 0.25) is 0 Å². The zero-order valence-electron chi connectivity index (χ0n) is 31.1. The molecule has 0 unspecified atom stereocenters. The van der Waals surface area contributed by atoms with Crippen LogP contribution in [-0.2, 0) is 19.6 Å². The molecule has 9 nitrogen and oxygen atoms in total. The monoisotopic (exact) mass is 703 g/mol. The molecule has 9 heteroatoms. The molecule has 0 bridgehead atoms. The van der Waals surface area contributed by atoms with Crippen molar-refractivity contribution in [2.24, 2.45) is 0 Å². The van der Waals surface area contributed by atoms with E-state index in [0.717, 1.165) is 67.9 Å². The van der Waals surface area contributed by atoms with Crippen LogP contribution in [0.1, 0.15) is 29.5 Å². The van der Waals surface area contributed by atoms with Crippen molar-refractivity contribution < 1.29 is 28.4 Å². The minimum Gasteiger partial charge on any atom is -0.493 e. The number of likely N-dealkylation sites (tertiary alicyclic amines) is 1. The highest BCUT2D eigenvalue weighted by molar-refractivity contribution is 5.72. The Morgan fingerprint density at radius 2 is 1.12 bits per heavy atom. The van der Waals surface area contributed by atoms with E-state index in [1.165, 1.54) is 16.7 Å². The maximum absolute atomic E-state index is 5.64. The molecule has 0 spiro atoms. The number of aromatic nitrogens is 1. The number of rotatable bonds is 15. The number of nitrogens with zero attached hydrogens (tertiary/aromatic N) is 3. The zero-order chi connectivity index (χ0) is 36.5. The molecule has 0 radical (unpaired) electrons. The quantitative estimate of drug-likeness (QED) is 0.107. The summed E-state index contributed by atoms with van der Waals surface area (Å²) < 4.78 is 33.5. The van der Waals surface area contributed by atoms with Crippen molar-refractivity contribution >= 4 is 0 Å². The average molecular weight is 704 g/mol. The van der Waals surface area contributed by atoms with Crippen molar-refractivity contribution in [3.05, 3.63) is 114 Å². The Hall–Kier alpha value is -5.25. The second-order valence-electron chi connectivity index (χ2n) is 13.0. The molecule has 6 rings (SSSR count). The Balaban J connectivity index is 1.17. The van der Waals surface area contributed by atoms with E-state index in [1.54, 1.807) is 42.7 Å². The van der Waals surface area contributed by atoms with Crippen LogP contribution in [0.3, 0.4) is 0 Å². The van der Waals surface area contributed by atoms with Gasteiger partial charge in [0.05, 0.1) is 48.4 Å². The highest BCUT2D eigenvalue weighted by atomic mass is 16.5. The average Bonchev–Trinajstić information content (AvgIpc) is 3.20. The lowest BCUT2D eigenvalue weighted by Crippen LogP contribution is -2.44. The number of piperidine rings is 1. The van der Waals surface area contributed by atoms with E-state index in [4.69, 9.17) is 28.4 Å². The number of benzene rings is 4.